The molecule has 0 heterocycles. The Kier molecular flexibility index (Phi) is 24.4. The van der Waals surface area contributed by atoms with Crippen LogP contribution in [0.5, 0.6) is 0 Å². The minimum atomic E-state index is -1.15. The van der Waals surface area contributed by atoms with Crippen LogP contribution in [0.2, 0.25) is 0 Å². The fourth-order valence-corrected chi connectivity index (χ4v) is 6.72. The first-order valence-electron chi connectivity index (χ1n) is 16.7. The van der Waals surface area contributed by atoms with Crippen molar-refractivity contribution in [3.63, 3.8) is 0 Å². The lowest BCUT2D eigenvalue weighted by atomic mass is 9.81. The fourth-order valence-electron chi connectivity index (χ4n) is 6.72. The summed E-state index contributed by atoms with van der Waals surface area (Å²) in [5, 5.41) is 0. The lowest BCUT2D eigenvalue weighted by molar-refractivity contribution is -0.376. The minimum absolute atomic E-state index is 0.374. The number of unbranched alkanes of at least 4 members (excludes halogenated alkanes) is 8. The summed E-state index contributed by atoms with van der Waals surface area (Å²) in [7, 11) is 19.5. The molecule has 0 fully saturated rings. The predicted octanol–water partition coefficient (Wildman–Crippen LogP) is 6.28. The average Bonchev–Trinajstić information content (AvgIpc) is 3.10. The highest BCUT2D eigenvalue weighted by Gasteiger charge is 2.58. The average molecular weight is 671 g/mol. The van der Waals surface area contributed by atoms with Crippen molar-refractivity contribution in [3.05, 3.63) is 0 Å². The van der Waals surface area contributed by atoms with Gasteiger partial charge in [0.05, 0.1) is 5.92 Å². The Morgan fingerprint density at radius 3 is 0.848 bits per heavy atom. The number of methoxy groups -OCH3 is 12. The zero-order chi connectivity index (χ0) is 35.1. The summed E-state index contributed by atoms with van der Waals surface area (Å²) in [6, 6.07) is 0. The molecule has 0 aromatic carbocycles. The highest BCUT2D eigenvalue weighted by atomic mass is 16.9. The molecule has 0 aromatic rings. The van der Waals surface area contributed by atoms with E-state index in [1.165, 1.54) is 0 Å². The van der Waals surface area contributed by atoms with Crippen molar-refractivity contribution in [1.82, 2.24) is 0 Å². The van der Waals surface area contributed by atoms with Crippen LogP contribution in [-0.2, 0) is 56.8 Å². The van der Waals surface area contributed by atoms with Gasteiger partial charge in [-0.3, -0.25) is 0 Å². The van der Waals surface area contributed by atoms with Gasteiger partial charge in [-0.15, -0.1) is 0 Å². The Labute approximate surface area is 280 Å². The molecule has 0 aromatic heterocycles. The lowest BCUT2D eigenvalue weighted by Crippen LogP contribution is -2.64. The van der Waals surface area contributed by atoms with E-state index in [1.54, 1.807) is 85.3 Å². The van der Waals surface area contributed by atoms with Gasteiger partial charge in [-0.05, 0) is 25.7 Å². The van der Waals surface area contributed by atoms with Crippen molar-refractivity contribution < 1.29 is 56.8 Å². The molecule has 2 unspecified atom stereocenters. The SMILES string of the molecule is COC(CCCCCCCC(OC)(OC)OC)C(OC)(OC)C(C)C(OC)(OC)C(CCCCCCCC(OC)(OC)OC)OC. The van der Waals surface area contributed by atoms with Gasteiger partial charge >= 0.3 is 0 Å². The maximum absolute atomic E-state index is 6.17. The molecule has 0 rings (SSSR count). The van der Waals surface area contributed by atoms with E-state index in [2.05, 4.69) is 0 Å². The molecule has 46 heavy (non-hydrogen) atoms. The van der Waals surface area contributed by atoms with E-state index < -0.39 is 29.4 Å². The van der Waals surface area contributed by atoms with Crippen LogP contribution in [0.3, 0.4) is 0 Å². The molecule has 0 aliphatic carbocycles. The molecule has 0 radical (unpaired) electrons. The van der Waals surface area contributed by atoms with Gasteiger partial charge in [0, 0.05) is 98.2 Å². The van der Waals surface area contributed by atoms with Gasteiger partial charge < -0.3 is 56.8 Å². The minimum Gasteiger partial charge on any atom is -0.376 e. The third kappa shape index (κ3) is 12.4. The van der Waals surface area contributed by atoms with Crippen molar-refractivity contribution in [1.29, 1.82) is 0 Å². The van der Waals surface area contributed by atoms with Crippen LogP contribution in [-0.4, -0.2) is 121 Å². The zero-order valence-corrected chi connectivity index (χ0v) is 31.5. The van der Waals surface area contributed by atoms with Gasteiger partial charge in [0.1, 0.15) is 12.2 Å². The molecule has 0 saturated heterocycles. The molecule has 0 bridgehead atoms. The van der Waals surface area contributed by atoms with E-state index >= 15 is 0 Å². The number of hydrogen-bond acceptors (Lipinski definition) is 12. The third-order valence-electron chi connectivity index (χ3n) is 9.71. The predicted molar refractivity (Wildman–Crippen MR) is 176 cm³/mol. The summed E-state index contributed by atoms with van der Waals surface area (Å²) in [4.78, 5) is 0. The van der Waals surface area contributed by atoms with Crippen LogP contribution < -0.4 is 0 Å². The maximum atomic E-state index is 6.17. The van der Waals surface area contributed by atoms with Gasteiger partial charge in [-0.2, -0.15) is 0 Å². The van der Waals surface area contributed by atoms with Crippen LogP contribution in [0.4, 0.5) is 0 Å². The maximum Gasteiger partial charge on any atom is 0.282 e. The summed E-state index contributed by atoms with van der Waals surface area (Å²) in [6.07, 6.45) is 12.0. The summed E-state index contributed by atoms with van der Waals surface area (Å²) in [5.74, 6) is -4.67. The van der Waals surface area contributed by atoms with Crippen molar-refractivity contribution >= 4 is 0 Å². The molecule has 0 spiro atoms. The van der Waals surface area contributed by atoms with Crippen LogP contribution in [0.1, 0.15) is 96.8 Å². The van der Waals surface area contributed by atoms with E-state index in [0.29, 0.717) is 12.8 Å². The van der Waals surface area contributed by atoms with Gasteiger partial charge in [0.15, 0.2) is 0 Å². The second kappa shape index (κ2) is 24.6. The summed E-state index contributed by atoms with van der Waals surface area (Å²) < 4.78 is 69.1. The Hall–Kier alpha value is -0.480. The number of rotatable bonds is 32. The normalized spacial score (nSPS) is 15.3. The van der Waals surface area contributed by atoms with Gasteiger partial charge in [0.2, 0.25) is 11.6 Å². The van der Waals surface area contributed by atoms with Crippen molar-refractivity contribution in [2.45, 2.75) is 133 Å². The molecule has 2 atom stereocenters. The fraction of sp³-hybridized carbons (Fsp3) is 1.00. The Morgan fingerprint density at radius 2 is 0.609 bits per heavy atom. The molecule has 0 saturated carbocycles. The molecule has 12 nitrogen and oxygen atoms in total. The van der Waals surface area contributed by atoms with E-state index in [0.717, 1.165) is 77.0 Å². The molecular weight excluding hydrogens is 600 g/mol. The first-order chi connectivity index (χ1) is 22.1. The van der Waals surface area contributed by atoms with Crippen LogP contribution in [0, 0.1) is 5.92 Å². The molecular formula is C34H70O12. The Bertz CT molecular complexity index is 634. The Balaban J connectivity index is 5.32. The van der Waals surface area contributed by atoms with E-state index in [-0.39, 0.29) is 12.2 Å². The molecule has 12 heteroatoms. The van der Waals surface area contributed by atoms with E-state index in [1.807, 2.05) is 6.92 Å². The van der Waals surface area contributed by atoms with Gasteiger partial charge in [0.25, 0.3) is 11.9 Å². The van der Waals surface area contributed by atoms with Gasteiger partial charge in [-0.1, -0.05) is 58.3 Å². The monoisotopic (exact) mass is 670 g/mol. The number of hydrogen-bond donors (Lipinski definition) is 0. The molecule has 0 amide bonds. The standard InChI is InChI=1S/C34H70O12/c1-28(33(43-10,44-11)29(35-2)24-20-16-14-18-22-26-31(37-4,38-5)39-6)34(45-12,46-13)30(36-3)25-21-17-15-19-23-27-32(40-7,41-8)42-9/h28-30H,14-27H2,1-13H3. The number of ether oxygens (including phenoxy) is 12. The third-order valence-corrected chi connectivity index (χ3v) is 9.71. The quantitative estimate of drug-likeness (QED) is 0.0594. The van der Waals surface area contributed by atoms with Crippen molar-refractivity contribution in [3.8, 4) is 0 Å². The second-order valence-electron chi connectivity index (χ2n) is 11.6. The summed E-state index contributed by atoms with van der Waals surface area (Å²) in [5.41, 5.74) is 0. The van der Waals surface area contributed by atoms with Crippen LogP contribution in [0.15, 0.2) is 0 Å². The lowest BCUT2D eigenvalue weighted by Gasteiger charge is -2.50. The van der Waals surface area contributed by atoms with E-state index in [9.17, 15) is 0 Å². The van der Waals surface area contributed by atoms with Crippen LogP contribution >= 0.6 is 0 Å². The largest absolute Gasteiger partial charge is 0.376 e. The van der Waals surface area contributed by atoms with E-state index in [4.69, 9.17) is 56.8 Å². The topological polar surface area (TPSA) is 111 Å². The second-order valence-corrected chi connectivity index (χ2v) is 11.6. The smallest absolute Gasteiger partial charge is 0.282 e. The first-order valence-corrected chi connectivity index (χ1v) is 16.7. The first kappa shape index (κ1) is 45.5. The summed E-state index contributed by atoms with van der Waals surface area (Å²) >= 11 is 0. The zero-order valence-electron chi connectivity index (χ0n) is 31.5. The van der Waals surface area contributed by atoms with Crippen molar-refractivity contribution in [2.75, 3.05) is 85.3 Å². The highest BCUT2D eigenvalue weighted by molar-refractivity contribution is 4.97. The molecule has 278 valence electrons. The van der Waals surface area contributed by atoms with Crippen molar-refractivity contribution in [2.24, 2.45) is 5.92 Å². The Morgan fingerprint density at radius 1 is 0.348 bits per heavy atom. The van der Waals surface area contributed by atoms with Crippen LogP contribution in [0.25, 0.3) is 0 Å². The molecule has 0 aliphatic rings. The molecule has 0 aliphatic heterocycles. The van der Waals surface area contributed by atoms with Gasteiger partial charge in [-0.25, -0.2) is 0 Å². The summed E-state index contributed by atoms with van der Waals surface area (Å²) in [6.45, 7) is 2.01. The highest BCUT2D eigenvalue weighted by Crippen LogP contribution is 2.43. The molecule has 0 N–H and O–H groups in total.